The molecular weight excluding hydrogens is 288 g/mol. The average molecular weight is 310 g/mol. The number of aromatic nitrogens is 3. The van der Waals surface area contributed by atoms with Crippen LogP contribution in [0.4, 0.5) is 11.5 Å². The molecule has 0 aliphatic carbocycles. The Morgan fingerprint density at radius 1 is 1.13 bits per heavy atom. The van der Waals surface area contributed by atoms with E-state index >= 15 is 0 Å². The van der Waals surface area contributed by atoms with Gasteiger partial charge in [-0.15, -0.1) is 0 Å². The van der Waals surface area contributed by atoms with Crippen LogP contribution in [0.25, 0.3) is 11.0 Å². The fourth-order valence-corrected chi connectivity index (χ4v) is 2.79. The van der Waals surface area contributed by atoms with Gasteiger partial charge in [0.05, 0.1) is 12.6 Å². The summed E-state index contributed by atoms with van der Waals surface area (Å²) in [7, 11) is 3.71. The van der Waals surface area contributed by atoms with Crippen LogP contribution in [0.2, 0.25) is 0 Å². The fraction of sp³-hybridized carbons (Fsp3) is 0.333. The van der Waals surface area contributed by atoms with E-state index in [2.05, 4.69) is 33.6 Å². The third-order valence-electron chi connectivity index (χ3n) is 3.95. The molecule has 0 bridgehead atoms. The highest BCUT2D eigenvalue weighted by Gasteiger charge is 2.15. The Balaban J connectivity index is 2.10. The second-order valence-corrected chi connectivity index (χ2v) is 5.59. The predicted molar refractivity (Wildman–Crippen MR) is 93.6 cm³/mol. The maximum Gasteiger partial charge on any atom is 0.161 e. The summed E-state index contributed by atoms with van der Waals surface area (Å²) in [5.41, 5.74) is 3.13. The molecule has 120 valence electrons. The van der Waals surface area contributed by atoms with E-state index < -0.39 is 0 Å². The van der Waals surface area contributed by atoms with Crippen molar-refractivity contribution < 1.29 is 4.74 Å². The zero-order valence-corrected chi connectivity index (χ0v) is 14.1. The lowest BCUT2D eigenvalue weighted by Crippen LogP contribution is -2.14. The molecule has 0 fully saturated rings. The third-order valence-corrected chi connectivity index (χ3v) is 3.95. The molecule has 0 saturated heterocycles. The second kappa shape index (κ2) is 6.28. The van der Waals surface area contributed by atoms with Gasteiger partial charge < -0.3 is 14.2 Å². The standard InChI is InChI=1S/C18H22N4O/c1-5-11-22-12-10-16-17(22)18(20-13(2)19-16)21(3)14-6-8-15(23-4)9-7-14/h6-10,12H,5,11H2,1-4H3. The van der Waals surface area contributed by atoms with Crippen LogP contribution in [-0.4, -0.2) is 28.7 Å². The minimum atomic E-state index is 0.780. The van der Waals surface area contributed by atoms with Crippen molar-refractivity contribution in [2.45, 2.75) is 26.8 Å². The molecule has 2 heterocycles. The zero-order chi connectivity index (χ0) is 16.4. The molecule has 0 spiro atoms. The van der Waals surface area contributed by atoms with E-state index in [1.165, 1.54) is 0 Å². The summed E-state index contributed by atoms with van der Waals surface area (Å²) in [6.07, 6.45) is 3.16. The Labute approximate surface area is 136 Å². The lowest BCUT2D eigenvalue weighted by molar-refractivity contribution is 0.415. The van der Waals surface area contributed by atoms with Crippen molar-refractivity contribution in [2.75, 3.05) is 19.1 Å². The monoisotopic (exact) mass is 310 g/mol. The topological polar surface area (TPSA) is 43.2 Å². The normalized spacial score (nSPS) is 11.0. The van der Waals surface area contributed by atoms with Gasteiger partial charge in [-0.2, -0.15) is 0 Å². The summed E-state index contributed by atoms with van der Waals surface area (Å²) in [4.78, 5) is 11.4. The molecule has 3 rings (SSSR count). The first-order chi connectivity index (χ1) is 11.1. The van der Waals surface area contributed by atoms with Crippen LogP contribution in [0, 0.1) is 6.92 Å². The van der Waals surface area contributed by atoms with Gasteiger partial charge in [0.2, 0.25) is 0 Å². The first-order valence-electron chi connectivity index (χ1n) is 7.85. The molecule has 0 saturated carbocycles. The Bertz CT molecular complexity index is 808. The van der Waals surface area contributed by atoms with E-state index in [1.54, 1.807) is 7.11 Å². The summed E-state index contributed by atoms with van der Waals surface area (Å²) in [5, 5.41) is 0. The first-order valence-corrected chi connectivity index (χ1v) is 7.85. The van der Waals surface area contributed by atoms with Crippen molar-refractivity contribution in [1.82, 2.24) is 14.5 Å². The van der Waals surface area contributed by atoms with Crippen molar-refractivity contribution in [2.24, 2.45) is 0 Å². The number of methoxy groups -OCH3 is 1. The zero-order valence-electron chi connectivity index (χ0n) is 14.1. The molecule has 5 nitrogen and oxygen atoms in total. The number of benzene rings is 1. The summed E-state index contributed by atoms with van der Waals surface area (Å²) in [6.45, 7) is 5.06. The van der Waals surface area contributed by atoms with Gasteiger partial charge in [0, 0.05) is 25.5 Å². The maximum atomic E-state index is 5.23. The number of fused-ring (bicyclic) bond motifs is 1. The number of hydrogen-bond acceptors (Lipinski definition) is 4. The summed E-state index contributed by atoms with van der Waals surface area (Å²) in [5.74, 6) is 2.55. The van der Waals surface area contributed by atoms with Crippen LogP contribution in [0.1, 0.15) is 19.2 Å². The molecule has 0 aliphatic heterocycles. The molecule has 5 heteroatoms. The van der Waals surface area contributed by atoms with Gasteiger partial charge in [-0.1, -0.05) is 6.92 Å². The Kier molecular flexibility index (Phi) is 4.19. The molecule has 0 amide bonds. The highest BCUT2D eigenvalue weighted by molar-refractivity contribution is 5.89. The van der Waals surface area contributed by atoms with Crippen molar-refractivity contribution in [3.05, 3.63) is 42.4 Å². The molecule has 0 aliphatic rings. The molecule has 0 unspecified atom stereocenters. The van der Waals surface area contributed by atoms with Crippen molar-refractivity contribution in [1.29, 1.82) is 0 Å². The minimum absolute atomic E-state index is 0.780. The van der Waals surface area contributed by atoms with Gasteiger partial charge in [0.15, 0.2) is 5.82 Å². The molecule has 2 aromatic heterocycles. The minimum Gasteiger partial charge on any atom is -0.497 e. The smallest absolute Gasteiger partial charge is 0.161 e. The van der Waals surface area contributed by atoms with E-state index in [4.69, 9.17) is 9.72 Å². The lowest BCUT2D eigenvalue weighted by atomic mass is 10.2. The molecule has 0 N–H and O–H groups in total. The number of nitrogens with zero attached hydrogens (tertiary/aromatic N) is 4. The van der Waals surface area contributed by atoms with E-state index in [-0.39, 0.29) is 0 Å². The number of ether oxygens (including phenoxy) is 1. The van der Waals surface area contributed by atoms with E-state index in [1.807, 2.05) is 38.2 Å². The summed E-state index contributed by atoms with van der Waals surface area (Å²) in [6, 6.07) is 10.1. The molecular formula is C18H22N4O. The predicted octanol–water partition coefficient (Wildman–Crippen LogP) is 3.93. The van der Waals surface area contributed by atoms with E-state index in [0.717, 1.165) is 47.1 Å². The van der Waals surface area contributed by atoms with Gasteiger partial charge in [-0.25, -0.2) is 9.97 Å². The number of hydrogen-bond donors (Lipinski definition) is 0. The van der Waals surface area contributed by atoms with Crippen molar-refractivity contribution in [3.63, 3.8) is 0 Å². The number of rotatable bonds is 5. The van der Waals surface area contributed by atoms with Crippen LogP contribution in [0.15, 0.2) is 36.5 Å². The second-order valence-electron chi connectivity index (χ2n) is 5.59. The number of anilines is 2. The Morgan fingerprint density at radius 2 is 1.87 bits per heavy atom. The summed E-state index contributed by atoms with van der Waals surface area (Å²) < 4.78 is 7.46. The largest absolute Gasteiger partial charge is 0.497 e. The van der Waals surface area contributed by atoms with Gasteiger partial charge in [0.25, 0.3) is 0 Å². The van der Waals surface area contributed by atoms with E-state index in [0.29, 0.717) is 0 Å². The molecule has 1 aromatic carbocycles. The van der Waals surface area contributed by atoms with Gasteiger partial charge >= 0.3 is 0 Å². The maximum absolute atomic E-state index is 5.23. The fourth-order valence-electron chi connectivity index (χ4n) is 2.79. The molecule has 0 atom stereocenters. The van der Waals surface area contributed by atoms with Crippen LogP contribution < -0.4 is 9.64 Å². The number of aryl methyl sites for hydroxylation is 2. The third kappa shape index (κ3) is 2.86. The molecule has 23 heavy (non-hydrogen) atoms. The van der Waals surface area contributed by atoms with Crippen LogP contribution in [0.3, 0.4) is 0 Å². The highest BCUT2D eigenvalue weighted by atomic mass is 16.5. The quantitative estimate of drug-likeness (QED) is 0.716. The van der Waals surface area contributed by atoms with E-state index in [9.17, 15) is 0 Å². The highest BCUT2D eigenvalue weighted by Crippen LogP contribution is 2.30. The average Bonchev–Trinajstić information content (AvgIpc) is 2.96. The van der Waals surface area contributed by atoms with Gasteiger partial charge in [-0.05, 0) is 43.7 Å². The van der Waals surface area contributed by atoms with Crippen LogP contribution in [0.5, 0.6) is 5.75 Å². The van der Waals surface area contributed by atoms with Gasteiger partial charge in [-0.3, -0.25) is 0 Å². The molecule has 3 aromatic rings. The van der Waals surface area contributed by atoms with Crippen LogP contribution in [-0.2, 0) is 6.54 Å². The lowest BCUT2D eigenvalue weighted by Gasteiger charge is -2.21. The van der Waals surface area contributed by atoms with Crippen molar-refractivity contribution in [3.8, 4) is 5.75 Å². The van der Waals surface area contributed by atoms with Crippen molar-refractivity contribution >= 4 is 22.5 Å². The first kappa shape index (κ1) is 15.3. The Hall–Kier alpha value is -2.56. The molecule has 0 radical (unpaired) electrons. The SMILES string of the molecule is CCCn1ccc2nc(C)nc(N(C)c3ccc(OC)cc3)c21. The summed E-state index contributed by atoms with van der Waals surface area (Å²) >= 11 is 0. The van der Waals surface area contributed by atoms with Crippen LogP contribution >= 0.6 is 0 Å². The van der Waals surface area contributed by atoms with Gasteiger partial charge in [0.1, 0.15) is 17.1 Å². The Morgan fingerprint density at radius 3 is 2.52 bits per heavy atom.